The molecular weight excluding hydrogens is 238 g/mol. The highest BCUT2D eigenvalue weighted by molar-refractivity contribution is 5.93. The second kappa shape index (κ2) is 6.06. The first-order valence-electron chi connectivity index (χ1n) is 6.87. The van der Waals surface area contributed by atoms with Crippen molar-refractivity contribution in [3.05, 3.63) is 23.8 Å². The van der Waals surface area contributed by atoms with Crippen molar-refractivity contribution >= 4 is 17.3 Å². The van der Waals surface area contributed by atoms with Gasteiger partial charge in [-0.15, -0.1) is 0 Å². The van der Waals surface area contributed by atoms with E-state index in [2.05, 4.69) is 22.5 Å². The van der Waals surface area contributed by atoms with Crippen molar-refractivity contribution < 1.29 is 4.79 Å². The molecule has 1 aromatic rings. The molecule has 2 rings (SSSR count). The lowest BCUT2D eigenvalue weighted by molar-refractivity contribution is -0.120. The number of aryl methyl sites for hydroxylation is 1. The van der Waals surface area contributed by atoms with E-state index in [9.17, 15) is 4.79 Å². The van der Waals surface area contributed by atoms with E-state index in [1.165, 1.54) is 5.56 Å². The van der Waals surface area contributed by atoms with Crippen LogP contribution in [0.1, 0.15) is 18.4 Å². The van der Waals surface area contributed by atoms with Gasteiger partial charge < -0.3 is 15.5 Å². The molecule has 0 spiro atoms. The van der Waals surface area contributed by atoms with Gasteiger partial charge in [-0.05, 0) is 44.0 Å². The number of benzene rings is 1. The zero-order chi connectivity index (χ0) is 13.8. The largest absolute Gasteiger partial charge is 0.377 e. The third-order valence-corrected chi connectivity index (χ3v) is 3.63. The summed E-state index contributed by atoms with van der Waals surface area (Å²) in [4.78, 5) is 14.2. The third-order valence-electron chi connectivity index (χ3n) is 3.63. The number of carbonyl (C=O) groups is 1. The number of nitrogens with zero attached hydrogens (tertiary/aromatic N) is 1. The van der Waals surface area contributed by atoms with E-state index < -0.39 is 0 Å². The molecule has 104 valence electrons. The molecule has 0 aromatic heterocycles. The van der Waals surface area contributed by atoms with Crippen molar-refractivity contribution in [2.24, 2.45) is 5.92 Å². The molecular formula is C15H23N3O. The summed E-state index contributed by atoms with van der Waals surface area (Å²) in [5.41, 5.74) is 3.23. The van der Waals surface area contributed by atoms with Crippen LogP contribution in [0.25, 0.3) is 0 Å². The Bertz CT molecular complexity index is 451. The van der Waals surface area contributed by atoms with Crippen molar-refractivity contribution in [2.45, 2.75) is 19.8 Å². The van der Waals surface area contributed by atoms with Crippen molar-refractivity contribution in [1.29, 1.82) is 0 Å². The van der Waals surface area contributed by atoms with Gasteiger partial charge in [-0.25, -0.2) is 0 Å². The van der Waals surface area contributed by atoms with E-state index in [1.54, 1.807) is 0 Å². The maximum absolute atomic E-state index is 12.2. The normalized spacial score (nSPS) is 19.0. The van der Waals surface area contributed by atoms with E-state index >= 15 is 0 Å². The Hall–Kier alpha value is -1.55. The van der Waals surface area contributed by atoms with Gasteiger partial charge in [0.1, 0.15) is 0 Å². The quantitative estimate of drug-likeness (QED) is 0.874. The Morgan fingerprint density at radius 1 is 1.42 bits per heavy atom. The minimum Gasteiger partial charge on any atom is -0.377 e. The molecule has 1 heterocycles. The molecule has 1 fully saturated rings. The molecule has 1 aliphatic rings. The van der Waals surface area contributed by atoms with Crippen LogP contribution in [0.15, 0.2) is 18.2 Å². The average Bonchev–Trinajstić information content (AvgIpc) is 2.41. The summed E-state index contributed by atoms with van der Waals surface area (Å²) in [6.45, 7) is 3.89. The second-order valence-electron chi connectivity index (χ2n) is 5.43. The number of hydrogen-bond donors (Lipinski definition) is 2. The van der Waals surface area contributed by atoms with Crippen LogP contribution in [0.5, 0.6) is 0 Å². The van der Waals surface area contributed by atoms with Gasteiger partial charge in [0, 0.05) is 32.0 Å². The Morgan fingerprint density at radius 2 is 2.21 bits per heavy atom. The zero-order valence-corrected chi connectivity index (χ0v) is 12.0. The molecule has 2 N–H and O–H groups in total. The van der Waals surface area contributed by atoms with Crippen LogP contribution >= 0.6 is 0 Å². The van der Waals surface area contributed by atoms with Gasteiger partial charge in [0.15, 0.2) is 0 Å². The van der Waals surface area contributed by atoms with Gasteiger partial charge in [0.05, 0.1) is 5.92 Å². The summed E-state index contributed by atoms with van der Waals surface area (Å²) in [5, 5.41) is 6.30. The fourth-order valence-corrected chi connectivity index (χ4v) is 2.49. The highest BCUT2D eigenvalue weighted by Gasteiger charge is 2.20. The predicted octanol–water partition coefficient (Wildman–Crippen LogP) is 2.00. The Kier molecular flexibility index (Phi) is 4.43. The van der Waals surface area contributed by atoms with Gasteiger partial charge in [0.2, 0.25) is 5.91 Å². The van der Waals surface area contributed by atoms with E-state index in [-0.39, 0.29) is 11.8 Å². The lowest BCUT2D eigenvalue weighted by Gasteiger charge is -2.22. The molecule has 0 unspecified atom stereocenters. The Morgan fingerprint density at radius 3 is 2.84 bits per heavy atom. The van der Waals surface area contributed by atoms with E-state index in [4.69, 9.17) is 0 Å². The highest BCUT2D eigenvalue weighted by atomic mass is 16.1. The number of hydrogen-bond acceptors (Lipinski definition) is 3. The number of piperidine rings is 1. The standard InChI is InChI=1S/C15H23N3O/c1-11-6-7-13(9-14(11)18(2)3)17-15(19)12-5-4-8-16-10-12/h6-7,9,12,16H,4-5,8,10H2,1-3H3,(H,17,19)/t12-/m0/s1. The van der Waals surface area contributed by atoms with Crippen molar-refractivity contribution in [3.63, 3.8) is 0 Å². The molecule has 1 amide bonds. The van der Waals surface area contributed by atoms with Crippen molar-refractivity contribution in [2.75, 3.05) is 37.4 Å². The predicted molar refractivity (Wildman–Crippen MR) is 79.7 cm³/mol. The first-order chi connectivity index (χ1) is 9.08. The molecule has 4 nitrogen and oxygen atoms in total. The number of rotatable bonds is 3. The van der Waals surface area contributed by atoms with Crippen LogP contribution in [-0.4, -0.2) is 33.1 Å². The third kappa shape index (κ3) is 3.47. The fourth-order valence-electron chi connectivity index (χ4n) is 2.49. The smallest absolute Gasteiger partial charge is 0.228 e. The maximum atomic E-state index is 12.2. The highest BCUT2D eigenvalue weighted by Crippen LogP contribution is 2.23. The van der Waals surface area contributed by atoms with Gasteiger partial charge >= 0.3 is 0 Å². The molecule has 19 heavy (non-hydrogen) atoms. The van der Waals surface area contributed by atoms with Crippen LogP contribution in [0.4, 0.5) is 11.4 Å². The van der Waals surface area contributed by atoms with E-state index in [0.717, 1.165) is 37.3 Å². The van der Waals surface area contributed by atoms with Gasteiger partial charge in [0.25, 0.3) is 0 Å². The Balaban J connectivity index is 2.06. The number of nitrogens with one attached hydrogen (secondary N) is 2. The van der Waals surface area contributed by atoms with Crippen LogP contribution < -0.4 is 15.5 Å². The van der Waals surface area contributed by atoms with Crippen molar-refractivity contribution in [3.8, 4) is 0 Å². The minimum absolute atomic E-state index is 0.0952. The molecule has 1 aromatic carbocycles. The summed E-state index contributed by atoms with van der Waals surface area (Å²) in [7, 11) is 4.03. The zero-order valence-electron chi connectivity index (χ0n) is 12.0. The lowest BCUT2D eigenvalue weighted by Crippen LogP contribution is -2.37. The lowest BCUT2D eigenvalue weighted by atomic mass is 9.98. The van der Waals surface area contributed by atoms with Crippen LogP contribution in [0.2, 0.25) is 0 Å². The summed E-state index contributed by atoms with van der Waals surface area (Å²) in [5.74, 6) is 0.221. The van der Waals surface area contributed by atoms with Crippen LogP contribution in [0.3, 0.4) is 0 Å². The number of carbonyl (C=O) groups excluding carboxylic acids is 1. The van der Waals surface area contributed by atoms with Gasteiger partial charge in [-0.1, -0.05) is 6.07 Å². The van der Waals surface area contributed by atoms with Crippen molar-refractivity contribution in [1.82, 2.24) is 5.32 Å². The molecule has 1 aliphatic heterocycles. The van der Waals surface area contributed by atoms with Gasteiger partial charge in [-0.2, -0.15) is 0 Å². The fraction of sp³-hybridized carbons (Fsp3) is 0.533. The molecule has 4 heteroatoms. The van der Waals surface area contributed by atoms with E-state index in [0.29, 0.717) is 0 Å². The molecule has 0 aliphatic carbocycles. The average molecular weight is 261 g/mol. The summed E-state index contributed by atoms with van der Waals surface area (Å²) < 4.78 is 0. The maximum Gasteiger partial charge on any atom is 0.228 e. The van der Waals surface area contributed by atoms with E-state index in [1.807, 2.05) is 32.3 Å². The SMILES string of the molecule is Cc1ccc(NC(=O)[C@H]2CCCNC2)cc1N(C)C. The first-order valence-corrected chi connectivity index (χ1v) is 6.87. The molecule has 0 bridgehead atoms. The number of amides is 1. The summed E-state index contributed by atoms with van der Waals surface area (Å²) in [6.07, 6.45) is 2.06. The molecule has 0 radical (unpaired) electrons. The summed E-state index contributed by atoms with van der Waals surface area (Å²) >= 11 is 0. The van der Waals surface area contributed by atoms with Crippen LogP contribution in [0, 0.1) is 12.8 Å². The molecule has 1 saturated heterocycles. The second-order valence-corrected chi connectivity index (χ2v) is 5.43. The monoisotopic (exact) mass is 261 g/mol. The van der Waals surface area contributed by atoms with Crippen LogP contribution in [-0.2, 0) is 4.79 Å². The number of anilines is 2. The van der Waals surface area contributed by atoms with Gasteiger partial charge in [-0.3, -0.25) is 4.79 Å². The minimum atomic E-state index is 0.0952. The summed E-state index contributed by atoms with van der Waals surface area (Å²) in [6, 6.07) is 6.05. The molecule has 1 atom stereocenters. The topological polar surface area (TPSA) is 44.4 Å². The first kappa shape index (κ1) is 13.9. The molecule has 0 saturated carbocycles. The Labute approximate surface area is 115 Å².